The van der Waals surface area contributed by atoms with Crippen molar-refractivity contribution < 1.29 is 27.0 Å². The van der Waals surface area contributed by atoms with Gasteiger partial charge in [0.1, 0.15) is 11.5 Å². The molecule has 0 unspecified atom stereocenters. The van der Waals surface area contributed by atoms with Gasteiger partial charge in [0.05, 0.1) is 6.54 Å². The van der Waals surface area contributed by atoms with Crippen molar-refractivity contribution >= 4 is 0 Å². The van der Waals surface area contributed by atoms with Gasteiger partial charge < -0.3 is 14.8 Å². The first kappa shape index (κ1) is 16.1. The van der Waals surface area contributed by atoms with Crippen molar-refractivity contribution in [3.8, 4) is 23.3 Å². The van der Waals surface area contributed by atoms with E-state index < -0.39 is 13.2 Å². The number of benzene rings is 1. The maximum Gasteiger partial charge on any atom is 0.387 e. The summed E-state index contributed by atoms with van der Waals surface area (Å²) in [6, 6.07) is 3.63. The van der Waals surface area contributed by atoms with E-state index in [-0.39, 0.29) is 18.0 Å². The maximum absolute atomic E-state index is 12.3. The van der Waals surface area contributed by atoms with Gasteiger partial charge in [0.25, 0.3) is 0 Å². The third-order valence-corrected chi connectivity index (χ3v) is 2.19. The van der Waals surface area contributed by atoms with Crippen LogP contribution in [-0.2, 0) is 6.54 Å². The van der Waals surface area contributed by atoms with Gasteiger partial charge in [-0.2, -0.15) is 17.6 Å². The van der Waals surface area contributed by atoms with Crippen molar-refractivity contribution in [3.05, 3.63) is 23.8 Å². The molecular formula is C13H13F4NO2. The molecular weight excluding hydrogens is 278 g/mol. The first-order chi connectivity index (χ1) is 9.52. The van der Waals surface area contributed by atoms with E-state index in [2.05, 4.69) is 26.6 Å². The Morgan fingerprint density at radius 3 is 2.45 bits per heavy atom. The lowest BCUT2D eigenvalue weighted by Gasteiger charge is -2.13. The van der Waals surface area contributed by atoms with E-state index in [1.807, 2.05) is 0 Å². The van der Waals surface area contributed by atoms with Crippen LogP contribution >= 0.6 is 0 Å². The molecule has 7 heteroatoms. The molecule has 3 nitrogen and oxygen atoms in total. The zero-order valence-corrected chi connectivity index (χ0v) is 10.6. The van der Waals surface area contributed by atoms with Gasteiger partial charge in [0.15, 0.2) is 0 Å². The van der Waals surface area contributed by atoms with Gasteiger partial charge in [0, 0.05) is 18.2 Å². The maximum atomic E-state index is 12.3. The Balaban J connectivity index is 2.81. The standard InChI is InChI=1S/C13H13F4NO2/c1-2-3-6-18-8-9-4-5-10(19-12(14)15)7-11(9)20-13(16)17/h4-5,7,12-13,18H,6,8H2,1H3. The van der Waals surface area contributed by atoms with Crippen molar-refractivity contribution in [1.82, 2.24) is 5.32 Å². The number of alkyl halides is 4. The molecule has 1 aromatic rings. The Kier molecular flexibility index (Phi) is 6.67. The molecule has 0 aromatic heterocycles. The molecule has 0 aliphatic heterocycles. The van der Waals surface area contributed by atoms with Crippen LogP contribution in [0, 0.1) is 11.8 Å². The van der Waals surface area contributed by atoms with Crippen LogP contribution in [0.4, 0.5) is 17.6 Å². The Morgan fingerprint density at radius 1 is 1.15 bits per heavy atom. The van der Waals surface area contributed by atoms with E-state index in [9.17, 15) is 17.6 Å². The van der Waals surface area contributed by atoms with Gasteiger partial charge in [-0.25, -0.2) is 0 Å². The molecule has 1 N–H and O–H groups in total. The predicted octanol–water partition coefficient (Wildman–Crippen LogP) is 3.00. The summed E-state index contributed by atoms with van der Waals surface area (Å²) in [6.07, 6.45) is 0. The molecule has 0 amide bonds. The van der Waals surface area contributed by atoms with Gasteiger partial charge in [-0.05, 0) is 13.0 Å². The van der Waals surface area contributed by atoms with Gasteiger partial charge in [0.2, 0.25) is 0 Å². The van der Waals surface area contributed by atoms with Crippen molar-refractivity contribution in [1.29, 1.82) is 0 Å². The summed E-state index contributed by atoms with van der Waals surface area (Å²) >= 11 is 0. The normalized spacial score (nSPS) is 10.3. The lowest BCUT2D eigenvalue weighted by atomic mass is 10.2. The second kappa shape index (κ2) is 8.27. The first-order valence-electron chi connectivity index (χ1n) is 5.65. The molecule has 0 aliphatic rings. The molecule has 0 saturated heterocycles. The lowest BCUT2D eigenvalue weighted by Crippen LogP contribution is -2.15. The highest BCUT2D eigenvalue weighted by atomic mass is 19.3. The van der Waals surface area contributed by atoms with E-state index in [1.165, 1.54) is 12.1 Å². The SMILES string of the molecule is CC#CCNCc1ccc(OC(F)F)cc1OC(F)F. The third kappa shape index (κ3) is 5.80. The largest absolute Gasteiger partial charge is 0.435 e. The zero-order valence-electron chi connectivity index (χ0n) is 10.6. The molecule has 0 spiro atoms. The van der Waals surface area contributed by atoms with Crippen molar-refractivity contribution in [2.45, 2.75) is 26.7 Å². The minimum atomic E-state index is -3.05. The second-order valence-corrected chi connectivity index (χ2v) is 3.56. The van der Waals surface area contributed by atoms with Crippen LogP contribution in [0.1, 0.15) is 12.5 Å². The van der Waals surface area contributed by atoms with E-state index >= 15 is 0 Å². The van der Waals surface area contributed by atoms with Crippen molar-refractivity contribution in [3.63, 3.8) is 0 Å². The van der Waals surface area contributed by atoms with Crippen LogP contribution in [0.5, 0.6) is 11.5 Å². The lowest BCUT2D eigenvalue weighted by molar-refractivity contribution is -0.0546. The van der Waals surface area contributed by atoms with Crippen LogP contribution < -0.4 is 14.8 Å². The predicted molar refractivity (Wildman–Crippen MR) is 64.9 cm³/mol. The highest BCUT2D eigenvalue weighted by molar-refractivity contribution is 5.40. The van der Waals surface area contributed by atoms with Crippen LogP contribution in [0.3, 0.4) is 0 Å². The summed E-state index contributed by atoms with van der Waals surface area (Å²) in [7, 11) is 0. The number of halogens is 4. The van der Waals surface area contributed by atoms with E-state index in [0.717, 1.165) is 6.07 Å². The Labute approximate surface area is 113 Å². The highest BCUT2D eigenvalue weighted by Crippen LogP contribution is 2.27. The molecule has 110 valence electrons. The Morgan fingerprint density at radius 2 is 1.85 bits per heavy atom. The van der Waals surface area contributed by atoms with E-state index in [4.69, 9.17) is 0 Å². The molecule has 0 bridgehead atoms. The molecule has 1 rings (SSSR count). The molecule has 1 aromatic carbocycles. The minimum absolute atomic E-state index is 0.213. The fourth-order valence-corrected chi connectivity index (χ4v) is 1.41. The number of rotatable bonds is 7. The molecule has 0 atom stereocenters. The summed E-state index contributed by atoms with van der Waals surface area (Å²) in [5.74, 6) is 4.95. The number of hydrogen-bond acceptors (Lipinski definition) is 3. The monoisotopic (exact) mass is 291 g/mol. The third-order valence-electron chi connectivity index (χ3n) is 2.19. The quantitative estimate of drug-likeness (QED) is 0.476. The zero-order chi connectivity index (χ0) is 15.0. The fourth-order valence-electron chi connectivity index (χ4n) is 1.41. The Bertz CT molecular complexity index is 483. The summed E-state index contributed by atoms with van der Waals surface area (Å²) in [5, 5.41) is 2.89. The van der Waals surface area contributed by atoms with Gasteiger partial charge in [-0.1, -0.05) is 12.0 Å². The summed E-state index contributed by atoms with van der Waals surface area (Å²) in [5.41, 5.74) is 0.393. The molecule has 0 aliphatic carbocycles. The van der Waals surface area contributed by atoms with E-state index in [0.29, 0.717) is 12.1 Å². The average Bonchev–Trinajstić information content (AvgIpc) is 2.35. The summed E-state index contributed by atoms with van der Waals surface area (Å²) in [6.45, 7) is -3.82. The van der Waals surface area contributed by atoms with E-state index in [1.54, 1.807) is 6.92 Å². The minimum Gasteiger partial charge on any atom is -0.435 e. The molecule has 20 heavy (non-hydrogen) atoms. The van der Waals surface area contributed by atoms with Gasteiger partial charge in [-0.15, -0.1) is 5.92 Å². The number of nitrogens with one attached hydrogen (secondary N) is 1. The molecule has 0 saturated carbocycles. The van der Waals surface area contributed by atoms with Crippen LogP contribution in [0.2, 0.25) is 0 Å². The second-order valence-electron chi connectivity index (χ2n) is 3.56. The average molecular weight is 291 g/mol. The number of hydrogen-bond donors (Lipinski definition) is 1. The highest BCUT2D eigenvalue weighted by Gasteiger charge is 2.13. The van der Waals surface area contributed by atoms with Gasteiger partial charge >= 0.3 is 13.2 Å². The summed E-state index contributed by atoms with van der Waals surface area (Å²) in [4.78, 5) is 0. The van der Waals surface area contributed by atoms with Crippen LogP contribution in [0.25, 0.3) is 0 Å². The fraction of sp³-hybridized carbons (Fsp3) is 0.385. The summed E-state index contributed by atoms with van der Waals surface area (Å²) < 4.78 is 57.1. The van der Waals surface area contributed by atoms with Crippen molar-refractivity contribution in [2.24, 2.45) is 0 Å². The topological polar surface area (TPSA) is 30.5 Å². The molecule has 0 heterocycles. The Hall–Kier alpha value is -1.94. The molecule has 0 fully saturated rings. The van der Waals surface area contributed by atoms with Crippen LogP contribution in [0.15, 0.2) is 18.2 Å². The smallest absolute Gasteiger partial charge is 0.387 e. The molecule has 0 radical (unpaired) electrons. The van der Waals surface area contributed by atoms with Crippen molar-refractivity contribution in [2.75, 3.05) is 6.54 Å². The first-order valence-corrected chi connectivity index (χ1v) is 5.65. The van der Waals surface area contributed by atoms with Crippen LogP contribution in [-0.4, -0.2) is 19.8 Å². The number of ether oxygens (including phenoxy) is 2. The van der Waals surface area contributed by atoms with Gasteiger partial charge in [-0.3, -0.25) is 0 Å².